The molecule has 17 heavy (non-hydrogen) atoms. The first-order chi connectivity index (χ1) is 8.22. The molecule has 0 aromatic carbocycles. The summed E-state index contributed by atoms with van der Waals surface area (Å²) in [7, 11) is 1.53. The van der Waals surface area contributed by atoms with Crippen molar-refractivity contribution in [3.63, 3.8) is 0 Å². The first-order valence-electron chi connectivity index (χ1n) is 5.93. The maximum atomic E-state index is 5.86. The van der Waals surface area contributed by atoms with Gasteiger partial charge < -0.3 is 9.64 Å². The van der Waals surface area contributed by atoms with E-state index in [-0.39, 0.29) is 11.3 Å². The summed E-state index contributed by atoms with van der Waals surface area (Å²) >= 11 is 5.86. The van der Waals surface area contributed by atoms with Crippen LogP contribution < -0.4 is 9.64 Å². The van der Waals surface area contributed by atoms with E-state index in [9.17, 15) is 0 Å². The third-order valence-corrected chi connectivity index (χ3v) is 2.88. The molecule has 1 aromatic rings. The van der Waals surface area contributed by atoms with Gasteiger partial charge in [-0.05, 0) is 36.8 Å². The van der Waals surface area contributed by atoms with Gasteiger partial charge in [0.05, 0.1) is 7.11 Å². The SMILES string of the molecule is CCCN(CC1CC1)c1nc(Cl)nc(OC)n1. The zero-order valence-corrected chi connectivity index (χ0v) is 10.9. The van der Waals surface area contributed by atoms with E-state index in [1.165, 1.54) is 20.0 Å². The second-order valence-corrected chi connectivity index (χ2v) is 4.62. The van der Waals surface area contributed by atoms with Crippen molar-refractivity contribution in [3.05, 3.63) is 5.28 Å². The number of hydrogen-bond donors (Lipinski definition) is 0. The number of rotatable bonds is 6. The van der Waals surface area contributed by atoms with E-state index in [4.69, 9.17) is 16.3 Å². The van der Waals surface area contributed by atoms with E-state index < -0.39 is 0 Å². The van der Waals surface area contributed by atoms with Gasteiger partial charge in [-0.25, -0.2) is 0 Å². The number of hydrogen-bond acceptors (Lipinski definition) is 5. The number of anilines is 1. The summed E-state index contributed by atoms with van der Waals surface area (Å²) in [5.74, 6) is 1.40. The molecule has 0 atom stereocenters. The summed E-state index contributed by atoms with van der Waals surface area (Å²) in [5.41, 5.74) is 0. The van der Waals surface area contributed by atoms with Crippen LogP contribution in [-0.4, -0.2) is 35.2 Å². The second kappa shape index (κ2) is 5.49. The van der Waals surface area contributed by atoms with Crippen molar-refractivity contribution >= 4 is 17.5 Å². The van der Waals surface area contributed by atoms with Crippen molar-refractivity contribution in [1.82, 2.24) is 15.0 Å². The van der Waals surface area contributed by atoms with Gasteiger partial charge in [0.25, 0.3) is 0 Å². The predicted octanol–water partition coefficient (Wildman–Crippen LogP) is 2.16. The highest BCUT2D eigenvalue weighted by Gasteiger charge is 2.25. The molecule has 0 radical (unpaired) electrons. The van der Waals surface area contributed by atoms with Crippen LogP contribution in [-0.2, 0) is 0 Å². The Hall–Kier alpha value is -1.10. The maximum Gasteiger partial charge on any atom is 0.322 e. The van der Waals surface area contributed by atoms with Gasteiger partial charge in [0.2, 0.25) is 11.2 Å². The van der Waals surface area contributed by atoms with Crippen LogP contribution in [0.25, 0.3) is 0 Å². The highest BCUT2D eigenvalue weighted by atomic mass is 35.5. The van der Waals surface area contributed by atoms with E-state index in [2.05, 4.69) is 26.8 Å². The van der Waals surface area contributed by atoms with Crippen LogP contribution >= 0.6 is 11.6 Å². The minimum absolute atomic E-state index is 0.184. The predicted molar refractivity (Wildman–Crippen MR) is 66.6 cm³/mol. The van der Waals surface area contributed by atoms with E-state index in [0.29, 0.717) is 5.95 Å². The Morgan fingerprint density at radius 2 is 2.12 bits per heavy atom. The quantitative estimate of drug-likeness (QED) is 0.781. The molecule has 1 aliphatic carbocycles. The molecular formula is C11H17ClN4O. The van der Waals surface area contributed by atoms with Crippen molar-refractivity contribution in [1.29, 1.82) is 0 Å². The smallest absolute Gasteiger partial charge is 0.322 e. The minimum Gasteiger partial charge on any atom is -0.467 e. The number of aromatic nitrogens is 3. The third kappa shape index (κ3) is 3.43. The fourth-order valence-electron chi connectivity index (χ4n) is 1.71. The largest absolute Gasteiger partial charge is 0.467 e. The summed E-state index contributed by atoms with van der Waals surface area (Å²) in [6, 6.07) is 0.275. The molecule has 0 saturated heterocycles. The lowest BCUT2D eigenvalue weighted by molar-refractivity contribution is 0.377. The highest BCUT2D eigenvalue weighted by molar-refractivity contribution is 6.28. The molecule has 0 spiro atoms. The molecule has 1 heterocycles. The van der Waals surface area contributed by atoms with Gasteiger partial charge in [0.15, 0.2) is 0 Å². The number of ether oxygens (including phenoxy) is 1. The van der Waals surface area contributed by atoms with Gasteiger partial charge in [-0.15, -0.1) is 0 Å². The van der Waals surface area contributed by atoms with Crippen LogP contribution in [0.5, 0.6) is 6.01 Å². The summed E-state index contributed by atoms with van der Waals surface area (Å²) in [4.78, 5) is 14.5. The Morgan fingerprint density at radius 1 is 1.35 bits per heavy atom. The molecule has 0 amide bonds. The Labute approximate surface area is 106 Å². The lowest BCUT2D eigenvalue weighted by Gasteiger charge is -2.21. The number of nitrogens with zero attached hydrogens (tertiary/aromatic N) is 4. The number of methoxy groups -OCH3 is 1. The molecule has 1 aliphatic rings. The Bertz CT molecular complexity index is 384. The van der Waals surface area contributed by atoms with Crippen LogP contribution in [0.1, 0.15) is 26.2 Å². The topological polar surface area (TPSA) is 51.1 Å². The minimum atomic E-state index is 0.184. The Balaban J connectivity index is 2.17. The van der Waals surface area contributed by atoms with Crippen molar-refractivity contribution in [3.8, 4) is 6.01 Å². The van der Waals surface area contributed by atoms with Gasteiger partial charge in [0.1, 0.15) is 0 Å². The molecule has 6 heteroatoms. The lowest BCUT2D eigenvalue weighted by atomic mass is 10.3. The van der Waals surface area contributed by atoms with Crippen LogP contribution in [0.3, 0.4) is 0 Å². The third-order valence-electron chi connectivity index (χ3n) is 2.71. The molecule has 2 rings (SSSR count). The first kappa shape index (κ1) is 12.4. The van der Waals surface area contributed by atoms with Crippen LogP contribution in [0.15, 0.2) is 0 Å². The average Bonchev–Trinajstić information content (AvgIpc) is 3.11. The molecular weight excluding hydrogens is 240 g/mol. The zero-order chi connectivity index (χ0) is 12.3. The van der Waals surface area contributed by atoms with E-state index in [1.807, 2.05) is 0 Å². The fraction of sp³-hybridized carbons (Fsp3) is 0.727. The highest BCUT2D eigenvalue weighted by Crippen LogP contribution is 2.31. The van der Waals surface area contributed by atoms with Gasteiger partial charge in [0, 0.05) is 13.1 Å². The summed E-state index contributed by atoms with van der Waals surface area (Å²) in [5, 5.41) is 0.184. The maximum absolute atomic E-state index is 5.86. The van der Waals surface area contributed by atoms with Crippen molar-refractivity contribution in [2.45, 2.75) is 26.2 Å². The second-order valence-electron chi connectivity index (χ2n) is 4.28. The Morgan fingerprint density at radius 3 is 2.71 bits per heavy atom. The van der Waals surface area contributed by atoms with Crippen LogP contribution in [0, 0.1) is 5.92 Å². The molecule has 5 nitrogen and oxygen atoms in total. The molecule has 94 valence electrons. The van der Waals surface area contributed by atoms with Crippen LogP contribution in [0.2, 0.25) is 5.28 Å². The molecule has 1 fully saturated rings. The molecule has 0 unspecified atom stereocenters. The zero-order valence-electron chi connectivity index (χ0n) is 10.2. The lowest BCUT2D eigenvalue weighted by Crippen LogP contribution is -2.28. The summed E-state index contributed by atoms with van der Waals surface area (Å²) in [6.45, 7) is 4.07. The summed E-state index contributed by atoms with van der Waals surface area (Å²) in [6.07, 6.45) is 3.66. The van der Waals surface area contributed by atoms with E-state index in [1.54, 1.807) is 0 Å². The molecule has 1 aromatic heterocycles. The molecule has 0 aliphatic heterocycles. The van der Waals surface area contributed by atoms with Gasteiger partial charge in [-0.1, -0.05) is 6.92 Å². The average molecular weight is 257 g/mol. The summed E-state index contributed by atoms with van der Waals surface area (Å²) < 4.78 is 5.01. The van der Waals surface area contributed by atoms with Crippen molar-refractivity contribution < 1.29 is 4.74 Å². The van der Waals surface area contributed by atoms with Gasteiger partial charge >= 0.3 is 6.01 Å². The van der Waals surface area contributed by atoms with Crippen molar-refractivity contribution in [2.75, 3.05) is 25.1 Å². The van der Waals surface area contributed by atoms with E-state index in [0.717, 1.165) is 25.4 Å². The molecule has 0 bridgehead atoms. The Kier molecular flexibility index (Phi) is 3.99. The normalized spacial score (nSPS) is 14.8. The van der Waals surface area contributed by atoms with E-state index >= 15 is 0 Å². The standard InChI is InChI=1S/C11H17ClN4O/c1-3-6-16(7-8-4-5-8)10-13-9(12)14-11(15-10)17-2/h8H,3-7H2,1-2H3. The fourth-order valence-corrected chi connectivity index (χ4v) is 1.86. The van der Waals surface area contributed by atoms with Crippen molar-refractivity contribution in [2.24, 2.45) is 5.92 Å². The first-order valence-corrected chi connectivity index (χ1v) is 6.31. The van der Waals surface area contributed by atoms with Gasteiger partial charge in [-0.3, -0.25) is 0 Å². The van der Waals surface area contributed by atoms with Gasteiger partial charge in [-0.2, -0.15) is 15.0 Å². The van der Waals surface area contributed by atoms with Crippen LogP contribution in [0.4, 0.5) is 5.95 Å². The molecule has 0 N–H and O–H groups in total. The molecule has 1 saturated carbocycles. The number of halogens is 1. The monoisotopic (exact) mass is 256 g/mol.